The quantitative estimate of drug-likeness (QED) is 0.257. The summed E-state index contributed by atoms with van der Waals surface area (Å²) in [5, 5.41) is 10.9. The molecule has 0 bridgehead atoms. The Morgan fingerprint density at radius 2 is 1.41 bits per heavy atom. The van der Waals surface area contributed by atoms with E-state index in [9.17, 15) is 14.7 Å². The number of aliphatic hydroxyl groups is 1. The standard InChI is InChI=1S/C31H30N2O6/c1-33-20-22(29(35)32-30(33)36)8-7-11-26(34)21-39-31(23-9-5-4-6-10-23,24-12-16-27(37-2)17-13-24)25-14-18-28(38-3)19-15-25/h4-6,9-10,12-20,26,34H,11,21H2,1-3H3,(H,32,35,36)/t26-/m0/s1. The van der Waals surface area contributed by atoms with Crippen molar-refractivity contribution in [2.24, 2.45) is 7.05 Å². The summed E-state index contributed by atoms with van der Waals surface area (Å²) >= 11 is 0. The van der Waals surface area contributed by atoms with Crippen molar-refractivity contribution in [2.45, 2.75) is 18.1 Å². The number of ether oxygens (including phenoxy) is 3. The molecule has 8 heteroatoms. The minimum Gasteiger partial charge on any atom is -0.497 e. The Kier molecular flexibility index (Phi) is 8.67. The maximum atomic E-state index is 12.0. The number of aliphatic hydroxyl groups excluding tert-OH is 1. The summed E-state index contributed by atoms with van der Waals surface area (Å²) in [7, 11) is 4.74. The lowest BCUT2D eigenvalue weighted by Crippen LogP contribution is -2.35. The van der Waals surface area contributed by atoms with E-state index in [1.807, 2.05) is 78.9 Å². The highest BCUT2D eigenvalue weighted by molar-refractivity contribution is 5.49. The van der Waals surface area contributed by atoms with Gasteiger partial charge in [0.1, 0.15) is 22.7 Å². The summed E-state index contributed by atoms with van der Waals surface area (Å²) in [6.45, 7) is -0.0503. The largest absolute Gasteiger partial charge is 0.497 e. The number of H-pyrrole nitrogens is 1. The molecule has 4 rings (SSSR count). The number of aryl methyl sites for hydroxylation is 1. The summed E-state index contributed by atoms with van der Waals surface area (Å²) in [6.07, 6.45) is 0.465. The molecule has 0 aliphatic rings. The molecular formula is C31H30N2O6. The topological polar surface area (TPSA) is 103 Å². The molecule has 0 unspecified atom stereocenters. The van der Waals surface area contributed by atoms with E-state index in [0.29, 0.717) is 11.5 Å². The molecule has 4 aromatic rings. The second-order valence-corrected chi connectivity index (χ2v) is 8.89. The van der Waals surface area contributed by atoms with Crippen LogP contribution in [0.3, 0.4) is 0 Å². The summed E-state index contributed by atoms with van der Waals surface area (Å²) < 4.78 is 18.6. The van der Waals surface area contributed by atoms with E-state index >= 15 is 0 Å². The van der Waals surface area contributed by atoms with Crippen LogP contribution in [0.5, 0.6) is 11.5 Å². The van der Waals surface area contributed by atoms with Gasteiger partial charge in [0.2, 0.25) is 0 Å². The van der Waals surface area contributed by atoms with Gasteiger partial charge in [-0.1, -0.05) is 66.4 Å². The average molecular weight is 527 g/mol. The maximum absolute atomic E-state index is 12.0. The molecule has 8 nitrogen and oxygen atoms in total. The van der Waals surface area contributed by atoms with Gasteiger partial charge in [0.15, 0.2) is 0 Å². The molecule has 2 N–H and O–H groups in total. The fraction of sp³-hybridized carbons (Fsp3) is 0.226. The lowest BCUT2D eigenvalue weighted by atomic mass is 9.80. The number of nitrogens with one attached hydrogen (secondary N) is 1. The summed E-state index contributed by atoms with van der Waals surface area (Å²) in [5.41, 5.74) is 0.537. The van der Waals surface area contributed by atoms with Crippen molar-refractivity contribution < 1.29 is 19.3 Å². The second-order valence-electron chi connectivity index (χ2n) is 8.89. The normalized spacial score (nSPS) is 11.8. The first-order valence-electron chi connectivity index (χ1n) is 12.3. The van der Waals surface area contributed by atoms with Gasteiger partial charge >= 0.3 is 5.69 Å². The first-order chi connectivity index (χ1) is 18.9. The van der Waals surface area contributed by atoms with Crippen molar-refractivity contribution in [1.82, 2.24) is 9.55 Å². The zero-order chi connectivity index (χ0) is 27.8. The zero-order valence-corrected chi connectivity index (χ0v) is 22.0. The van der Waals surface area contributed by atoms with Crippen LogP contribution in [0.4, 0.5) is 0 Å². The van der Waals surface area contributed by atoms with Gasteiger partial charge in [-0.05, 0) is 41.0 Å². The Labute approximate surface area is 226 Å². The first-order valence-corrected chi connectivity index (χ1v) is 12.3. The van der Waals surface area contributed by atoms with Crippen LogP contribution >= 0.6 is 0 Å². The molecule has 0 amide bonds. The highest BCUT2D eigenvalue weighted by Crippen LogP contribution is 2.41. The van der Waals surface area contributed by atoms with Crippen LogP contribution in [0, 0.1) is 11.8 Å². The summed E-state index contributed by atoms with van der Waals surface area (Å²) in [5.74, 6) is 6.97. The van der Waals surface area contributed by atoms with Gasteiger partial charge in [-0.15, -0.1) is 0 Å². The maximum Gasteiger partial charge on any atom is 0.328 e. The highest BCUT2D eigenvalue weighted by atomic mass is 16.5. The number of nitrogens with zero attached hydrogens (tertiary/aromatic N) is 1. The predicted molar refractivity (Wildman–Crippen MR) is 148 cm³/mol. The molecule has 1 heterocycles. The molecule has 0 aliphatic carbocycles. The molecule has 0 fully saturated rings. The number of methoxy groups -OCH3 is 2. The minimum absolute atomic E-state index is 0.0503. The average Bonchev–Trinajstić information content (AvgIpc) is 2.97. The number of aromatic nitrogens is 2. The second kappa shape index (κ2) is 12.3. The third-order valence-corrected chi connectivity index (χ3v) is 6.33. The van der Waals surface area contributed by atoms with E-state index in [2.05, 4.69) is 16.8 Å². The van der Waals surface area contributed by atoms with Gasteiger partial charge in [0, 0.05) is 19.7 Å². The number of rotatable bonds is 9. The van der Waals surface area contributed by atoms with E-state index < -0.39 is 23.0 Å². The van der Waals surface area contributed by atoms with Crippen molar-refractivity contribution in [2.75, 3.05) is 20.8 Å². The zero-order valence-electron chi connectivity index (χ0n) is 22.0. The fourth-order valence-corrected chi connectivity index (χ4v) is 4.27. The summed E-state index contributed by atoms with van der Waals surface area (Å²) in [4.78, 5) is 25.8. The molecule has 3 aromatic carbocycles. The fourth-order valence-electron chi connectivity index (χ4n) is 4.27. The van der Waals surface area contributed by atoms with E-state index in [-0.39, 0.29) is 18.6 Å². The number of hydrogen-bond donors (Lipinski definition) is 2. The smallest absolute Gasteiger partial charge is 0.328 e. The van der Waals surface area contributed by atoms with Crippen LogP contribution in [0.25, 0.3) is 0 Å². The third kappa shape index (κ3) is 6.12. The van der Waals surface area contributed by atoms with Crippen LogP contribution < -0.4 is 20.7 Å². The Morgan fingerprint density at radius 3 is 1.95 bits per heavy atom. The van der Waals surface area contributed by atoms with Crippen molar-refractivity contribution in [3.8, 4) is 23.3 Å². The molecule has 0 saturated heterocycles. The third-order valence-electron chi connectivity index (χ3n) is 6.33. The molecular weight excluding hydrogens is 496 g/mol. The molecule has 0 saturated carbocycles. The van der Waals surface area contributed by atoms with Gasteiger partial charge in [-0.2, -0.15) is 0 Å². The number of hydrogen-bond acceptors (Lipinski definition) is 6. The monoisotopic (exact) mass is 526 g/mol. The molecule has 39 heavy (non-hydrogen) atoms. The highest BCUT2D eigenvalue weighted by Gasteiger charge is 2.38. The van der Waals surface area contributed by atoms with Crippen LogP contribution in [0.1, 0.15) is 28.7 Å². The predicted octanol–water partition coefficient (Wildman–Crippen LogP) is 3.20. The van der Waals surface area contributed by atoms with Crippen molar-refractivity contribution >= 4 is 0 Å². The van der Waals surface area contributed by atoms with Crippen LogP contribution in [0.15, 0.2) is 94.6 Å². The SMILES string of the molecule is COc1ccc(C(OC[C@@H](O)CC#Cc2cn(C)c(=O)[nH]c2=O)(c2ccccc2)c2ccc(OC)cc2)cc1. The van der Waals surface area contributed by atoms with Crippen molar-refractivity contribution in [3.63, 3.8) is 0 Å². The molecule has 1 atom stereocenters. The van der Waals surface area contributed by atoms with Gasteiger partial charge in [-0.25, -0.2) is 4.79 Å². The summed E-state index contributed by atoms with van der Waals surface area (Å²) in [6, 6.07) is 25.0. The lowest BCUT2D eigenvalue weighted by molar-refractivity contribution is -0.0363. The van der Waals surface area contributed by atoms with Crippen molar-refractivity contribution in [1.29, 1.82) is 0 Å². The van der Waals surface area contributed by atoms with E-state index in [4.69, 9.17) is 14.2 Å². The van der Waals surface area contributed by atoms with E-state index in [0.717, 1.165) is 16.7 Å². The van der Waals surface area contributed by atoms with Crippen LogP contribution in [0.2, 0.25) is 0 Å². The van der Waals surface area contributed by atoms with Gasteiger partial charge in [0.05, 0.1) is 26.9 Å². The van der Waals surface area contributed by atoms with Crippen LogP contribution in [-0.2, 0) is 17.4 Å². The van der Waals surface area contributed by atoms with Crippen LogP contribution in [-0.4, -0.2) is 41.6 Å². The molecule has 0 spiro atoms. The first kappa shape index (κ1) is 27.5. The molecule has 200 valence electrons. The van der Waals surface area contributed by atoms with Gasteiger partial charge < -0.3 is 23.9 Å². The lowest BCUT2D eigenvalue weighted by Gasteiger charge is -2.36. The van der Waals surface area contributed by atoms with Gasteiger partial charge in [0.25, 0.3) is 5.56 Å². The molecule has 0 aliphatic heterocycles. The Morgan fingerprint density at radius 1 is 0.872 bits per heavy atom. The minimum atomic E-state index is -1.07. The van der Waals surface area contributed by atoms with E-state index in [1.54, 1.807) is 14.2 Å². The number of benzene rings is 3. The van der Waals surface area contributed by atoms with E-state index in [1.165, 1.54) is 17.8 Å². The Hall–Kier alpha value is -4.58. The Balaban J connectivity index is 1.69. The molecule has 1 aromatic heterocycles. The Bertz CT molecular complexity index is 1520. The molecule has 0 radical (unpaired) electrons. The number of aromatic amines is 1. The van der Waals surface area contributed by atoms with Crippen molar-refractivity contribution in [3.05, 3.63) is 128 Å². The van der Waals surface area contributed by atoms with Gasteiger partial charge in [-0.3, -0.25) is 9.78 Å².